The van der Waals surface area contributed by atoms with Crippen LogP contribution in [0.1, 0.15) is 31.9 Å². The monoisotopic (exact) mass is 356 g/mol. The third kappa shape index (κ3) is 5.55. The summed E-state index contributed by atoms with van der Waals surface area (Å²) in [4.78, 5) is 7.10. The Morgan fingerprint density at radius 1 is 1.43 bits per heavy atom. The van der Waals surface area contributed by atoms with Gasteiger partial charge in [-0.25, -0.2) is 0 Å². The molecule has 0 spiro atoms. The molecule has 1 saturated heterocycles. The number of rotatable bonds is 5. The second kappa shape index (κ2) is 8.76. The van der Waals surface area contributed by atoms with E-state index in [0.29, 0.717) is 16.0 Å². The molecule has 128 valence electrons. The molecule has 0 saturated carbocycles. The van der Waals surface area contributed by atoms with Gasteiger partial charge < -0.3 is 15.5 Å². The van der Waals surface area contributed by atoms with Crippen LogP contribution in [0.3, 0.4) is 0 Å². The topological polar surface area (TPSA) is 39.7 Å². The van der Waals surface area contributed by atoms with Gasteiger partial charge in [0.25, 0.3) is 0 Å². The van der Waals surface area contributed by atoms with E-state index >= 15 is 0 Å². The first-order chi connectivity index (χ1) is 11.0. The molecule has 1 aliphatic rings. The van der Waals surface area contributed by atoms with Crippen molar-refractivity contribution in [2.75, 3.05) is 33.2 Å². The lowest BCUT2D eigenvalue weighted by Gasteiger charge is -2.20. The Bertz CT molecular complexity index is 547. The summed E-state index contributed by atoms with van der Waals surface area (Å²) < 4.78 is 0. The molecule has 1 aromatic rings. The van der Waals surface area contributed by atoms with Gasteiger partial charge in [-0.2, -0.15) is 0 Å². The van der Waals surface area contributed by atoms with E-state index in [-0.39, 0.29) is 6.04 Å². The van der Waals surface area contributed by atoms with Gasteiger partial charge in [0.05, 0.1) is 6.04 Å². The summed E-state index contributed by atoms with van der Waals surface area (Å²) in [5.41, 5.74) is 1.02. The Morgan fingerprint density at radius 3 is 2.83 bits per heavy atom. The van der Waals surface area contributed by atoms with Crippen molar-refractivity contribution in [3.63, 3.8) is 0 Å². The number of guanidine groups is 1. The molecule has 1 fully saturated rings. The second-order valence-electron chi connectivity index (χ2n) is 6.17. The number of aliphatic imine (C=N–C) groups is 1. The molecular weight excluding hydrogens is 331 g/mol. The average molecular weight is 357 g/mol. The van der Waals surface area contributed by atoms with Crippen LogP contribution in [0.4, 0.5) is 0 Å². The number of halogens is 2. The molecule has 0 amide bonds. The van der Waals surface area contributed by atoms with Gasteiger partial charge in [0.1, 0.15) is 0 Å². The number of hydrogen-bond acceptors (Lipinski definition) is 2. The van der Waals surface area contributed by atoms with Crippen LogP contribution in [0.5, 0.6) is 0 Å². The molecule has 2 rings (SSSR count). The third-order valence-electron chi connectivity index (χ3n) is 4.12. The highest BCUT2D eigenvalue weighted by Gasteiger charge is 2.19. The summed E-state index contributed by atoms with van der Waals surface area (Å²) >= 11 is 12.3. The maximum absolute atomic E-state index is 6.29. The van der Waals surface area contributed by atoms with Crippen molar-refractivity contribution >= 4 is 29.2 Å². The largest absolute Gasteiger partial charge is 0.357 e. The Hall–Kier alpha value is -0.970. The molecule has 1 aromatic carbocycles. The zero-order valence-corrected chi connectivity index (χ0v) is 15.6. The molecule has 2 atom stereocenters. The molecule has 0 aliphatic carbocycles. The lowest BCUT2D eigenvalue weighted by molar-refractivity contribution is 0.397. The zero-order valence-electron chi connectivity index (χ0n) is 14.1. The van der Waals surface area contributed by atoms with Crippen LogP contribution in [0.25, 0.3) is 0 Å². The van der Waals surface area contributed by atoms with E-state index in [4.69, 9.17) is 28.2 Å². The van der Waals surface area contributed by atoms with Gasteiger partial charge in [0, 0.05) is 29.7 Å². The number of likely N-dealkylation sites (tertiary alicyclic amines) is 1. The van der Waals surface area contributed by atoms with Gasteiger partial charge >= 0.3 is 0 Å². The van der Waals surface area contributed by atoms with Gasteiger partial charge in [0.2, 0.25) is 0 Å². The van der Waals surface area contributed by atoms with Crippen molar-refractivity contribution in [1.82, 2.24) is 15.5 Å². The molecule has 1 heterocycles. The van der Waals surface area contributed by atoms with Crippen molar-refractivity contribution in [1.29, 1.82) is 0 Å². The predicted octanol–water partition coefficient (Wildman–Crippen LogP) is 3.56. The second-order valence-corrected chi connectivity index (χ2v) is 7.01. The number of nitrogens with zero attached hydrogens (tertiary/aromatic N) is 2. The number of nitrogens with one attached hydrogen (secondary N) is 2. The van der Waals surface area contributed by atoms with E-state index < -0.39 is 0 Å². The Morgan fingerprint density at radius 2 is 2.22 bits per heavy atom. The SMILES string of the molecule is CCNC(=NCC1CCN(C)C1)NC(C)c1ccc(Cl)cc1Cl. The van der Waals surface area contributed by atoms with Crippen molar-refractivity contribution in [2.45, 2.75) is 26.3 Å². The maximum atomic E-state index is 6.29. The highest BCUT2D eigenvalue weighted by atomic mass is 35.5. The molecule has 2 N–H and O–H groups in total. The molecule has 23 heavy (non-hydrogen) atoms. The lowest BCUT2D eigenvalue weighted by Crippen LogP contribution is -2.39. The van der Waals surface area contributed by atoms with Gasteiger partial charge in [-0.15, -0.1) is 0 Å². The smallest absolute Gasteiger partial charge is 0.191 e. The molecule has 0 bridgehead atoms. The Labute approximate surface area is 149 Å². The van der Waals surface area contributed by atoms with E-state index in [0.717, 1.165) is 31.2 Å². The third-order valence-corrected chi connectivity index (χ3v) is 4.69. The van der Waals surface area contributed by atoms with Crippen LogP contribution in [0, 0.1) is 5.92 Å². The van der Waals surface area contributed by atoms with Crippen molar-refractivity contribution in [3.8, 4) is 0 Å². The number of hydrogen-bond donors (Lipinski definition) is 2. The van der Waals surface area contributed by atoms with E-state index in [1.165, 1.54) is 13.0 Å². The van der Waals surface area contributed by atoms with Crippen molar-refractivity contribution in [3.05, 3.63) is 33.8 Å². The zero-order chi connectivity index (χ0) is 16.8. The molecule has 0 aromatic heterocycles. The standard InChI is InChI=1S/C17H26Cl2N4/c1-4-20-17(21-10-13-7-8-23(3)11-13)22-12(2)15-6-5-14(18)9-16(15)19/h5-6,9,12-13H,4,7-8,10-11H2,1-3H3,(H2,20,21,22). The minimum Gasteiger partial charge on any atom is -0.357 e. The minimum atomic E-state index is 0.0591. The van der Waals surface area contributed by atoms with E-state index in [2.05, 4.69) is 36.4 Å². The summed E-state index contributed by atoms with van der Waals surface area (Å²) in [5, 5.41) is 8.05. The fourth-order valence-electron chi connectivity index (χ4n) is 2.85. The van der Waals surface area contributed by atoms with Gasteiger partial charge in [-0.05, 0) is 57.5 Å². The lowest BCUT2D eigenvalue weighted by atomic mass is 10.1. The first-order valence-electron chi connectivity index (χ1n) is 8.18. The van der Waals surface area contributed by atoms with E-state index in [1.54, 1.807) is 6.07 Å². The summed E-state index contributed by atoms with van der Waals surface area (Å²) in [6, 6.07) is 5.65. The predicted molar refractivity (Wildman–Crippen MR) is 99.6 cm³/mol. The summed E-state index contributed by atoms with van der Waals surface area (Å²) in [5.74, 6) is 1.48. The fourth-order valence-corrected chi connectivity index (χ4v) is 3.42. The average Bonchev–Trinajstić information content (AvgIpc) is 2.90. The van der Waals surface area contributed by atoms with Crippen LogP contribution in [-0.2, 0) is 0 Å². The van der Waals surface area contributed by atoms with E-state index in [1.807, 2.05) is 12.1 Å². The fraction of sp³-hybridized carbons (Fsp3) is 0.588. The van der Waals surface area contributed by atoms with Crippen LogP contribution in [0.2, 0.25) is 10.0 Å². The Kier molecular flexibility index (Phi) is 7.00. The molecule has 1 aliphatic heterocycles. The highest BCUT2D eigenvalue weighted by molar-refractivity contribution is 6.35. The van der Waals surface area contributed by atoms with Crippen LogP contribution in [-0.4, -0.2) is 44.1 Å². The van der Waals surface area contributed by atoms with E-state index in [9.17, 15) is 0 Å². The van der Waals surface area contributed by atoms with Crippen LogP contribution < -0.4 is 10.6 Å². The summed E-state index contributed by atoms with van der Waals surface area (Å²) in [7, 11) is 2.16. The normalized spacial score (nSPS) is 20.6. The Balaban J connectivity index is 1.99. The summed E-state index contributed by atoms with van der Waals surface area (Å²) in [6.07, 6.45) is 1.22. The minimum absolute atomic E-state index is 0.0591. The number of benzene rings is 1. The van der Waals surface area contributed by atoms with Crippen LogP contribution in [0.15, 0.2) is 23.2 Å². The van der Waals surface area contributed by atoms with Gasteiger partial charge in [0.15, 0.2) is 5.96 Å². The molecule has 2 unspecified atom stereocenters. The molecular formula is C17H26Cl2N4. The molecule has 4 nitrogen and oxygen atoms in total. The van der Waals surface area contributed by atoms with Crippen molar-refractivity contribution < 1.29 is 0 Å². The first-order valence-corrected chi connectivity index (χ1v) is 8.93. The van der Waals surface area contributed by atoms with Crippen LogP contribution >= 0.6 is 23.2 Å². The molecule has 6 heteroatoms. The quantitative estimate of drug-likeness (QED) is 0.625. The molecule has 0 radical (unpaired) electrons. The highest BCUT2D eigenvalue weighted by Crippen LogP contribution is 2.26. The maximum Gasteiger partial charge on any atom is 0.191 e. The first kappa shape index (κ1) is 18.4. The van der Waals surface area contributed by atoms with Gasteiger partial charge in [-0.3, -0.25) is 4.99 Å². The van der Waals surface area contributed by atoms with Gasteiger partial charge in [-0.1, -0.05) is 29.3 Å². The van der Waals surface area contributed by atoms with Crippen molar-refractivity contribution in [2.24, 2.45) is 10.9 Å². The summed E-state index contributed by atoms with van der Waals surface area (Å²) in [6.45, 7) is 8.12.